The molecule has 0 fully saturated rings. The van der Waals surface area contributed by atoms with Gasteiger partial charge >= 0.3 is 6.09 Å². The van der Waals surface area contributed by atoms with E-state index in [1.165, 1.54) is 0 Å². The number of carbonyl (C=O) groups is 1. The first-order chi connectivity index (χ1) is 12.1. The minimum Gasteiger partial charge on any atom is -0.445 e. The third-order valence-corrected chi connectivity index (χ3v) is 4.48. The predicted molar refractivity (Wildman–Crippen MR) is 92.4 cm³/mol. The predicted octanol–water partition coefficient (Wildman–Crippen LogP) is 3.03. The third kappa shape index (κ3) is 3.98. The summed E-state index contributed by atoms with van der Waals surface area (Å²) in [5.74, 6) is 0. The lowest BCUT2D eigenvalue weighted by Gasteiger charge is -2.37. The average molecular weight is 336 g/mol. The molecule has 5 heteroatoms. The number of carbonyl (C=O) groups excluding carboxylic acids is 1. The molecule has 0 unspecified atom stereocenters. The first-order valence-corrected chi connectivity index (χ1v) is 8.26. The molecule has 2 aromatic carbocycles. The number of nitrogens with one attached hydrogen (secondary N) is 1. The number of ether oxygens (including phenoxy) is 1. The second-order valence-corrected chi connectivity index (χ2v) is 6.33. The second-order valence-electron chi connectivity index (χ2n) is 6.33. The number of aliphatic hydroxyl groups is 1. The Morgan fingerprint density at radius 2 is 1.96 bits per heavy atom. The number of benzene rings is 2. The maximum atomic E-state index is 12.1. The van der Waals surface area contributed by atoms with Crippen molar-refractivity contribution in [3.8, 4) is 6.07 Å². The third-order valence-electron chi connectivity index (χ3n) is 4.48. The van der Waals surface area contributed by atoms with E-state index < -0.39 is 11.7 Å². The zero-order valence-electron chi connectivity index (χ0n) is 13.8. The average Bonchev–Trinajstić information content (AvgIpc) is 2.61. The molecule has 0 aromatic heterocycles. The van der Waals surface area contributed by atoms with Gasteiger partial charge in [0.15, 0.2) is 0 Å². The lowest BCUT2D eigenvalue weighted by atomic mass is 9.75. The largest absolute Gasteiger partial charge is 0.445 e. The van der Waals surface area contributed by atoms with E-state index in [1.54, 1.807) is 0 Å². The van der Waals surface area contributed by atoms with E-state index in [-0.39, 0.29) is 25.5 Å². The van der Waals surface area contributed by atoms with Crippen molar-refractivity contribution in [3.63, 3.8) is 0 Å². The minimum atomic E-state index is -1.25. The van der Waals surface area contributed by atoms with Gasteiger partial charge in [-0.05, 0) is 23.1 Å². The molecule has 0 saturated carbocycles. The molecule has 5 nitrogen and oxygen atoms in total. The molecule has 2 N–H and O–H groups in total. The van der Waals surface area contributed by atoms with Crippen molar-refractivity contribution in [2.75, 3.05) is 0 Å². The van der Waals surface area contributed by atoms with Crippen LogP contribution in [0.1, 0.15) is 29.5 Å². The summed E-state index contributed by atoms with van der Waals surface area (Å²) >= 11 is 0. The van der Waals surface area contributed by atoms with Crippen molar-refractivity contribution in [3.05, 3.63) is 71.3 Å². The molecule has 0 aliphatic heterocycles. The molecular weight excluding hydrogens is 316 g/mol. The highest BCUT2D eigenvalue weighted by Gasteiger charge is 2.39. The van der Waals surface area contributed by atoms with Crippen LogP contribution in [0.4, 0.5) is 4.79 Å². The highest BCUT2D eigenvalue weighted by atomic mass is 16.5. The van der Waals surface area contributed by atoms with Crippen molar-refractivity contribution < 1.29 is 14.6 Å². The molecule has 25 heavy (non-hydrogen) atoms. The van der Waals surface area contributed by atoms with Crippen LogP contribution in [0.2, 0.25) is 0 Å². The lowest BCUT2D eigenvalue weighted by molar-refractivity contribution is 0.0130. The summed E-state index contributed by atoms with van der Waals surface area (Å²) in [5.41, 5.74) is 1.38. The van der Waals surface area contributed by atoms with Gasteiger partial charge in [-0.3, -0.25) is 0 Å². The Kier molecular flexibility index (Phi) is 5.01. The van der Waals surface area contributed by atoms with Crippen LogP contribution in [-0.4, -0.2) is 17.2 Å². The summed E-state index contributed by atoms with van der Waals surface area (Å²) in [6.45, 7) is 0.193. The molecule has 3 rings (SSSR count). The van der Waals surface area contributed by atoms with Crippen molar-refractivity contribution >= 4 is 6.09 Å². The van der Waals surface area contributed by atoms with Gasteiger partial charge in [-0.1, -0.05) is 54.6 Å². The number of alkyl carbamates (subject to hydrolysis) is 1. The molecule has 2 atom stereocenters. The van der Waals surface area contributed by atoms with Crippen molar-refractivity contribution in [1.82, 2.24) is 5.32 Å². The molecule has 0 saturated heterocycles. The van der Waals surface area contributed by atoms with Gasteiger partial charge in [0.2, 0.25) is 0 Å². The summed E-state index contributed by atoms with van der Waals surface area (Å²) in [7, 11) is 0. The maximum absolute atomic E-state index is 12.1. The Balaban J connectivity index is 1.65. The van der Waals surface area contributed by atoms with Crippen LogP contribution < -0.4 is 5.32 Å². The molecule has 1 aliphatic rings. The quantitative estimate of drug-likeness (QED) is 0.899. The molecule has 1 amide bonds. The highest BCUT2D eigenvalue weighted by molar-refractivity contribution is 5.67. The van der Waals surface area contributed by atoms with Crippen molar-refractivity contribution in [2.45, 2.75) is 37.5 Å². The van der Waals surface area contributed by atoms with Gasteiger partial charge in [0.1, 0.15) is 12.2 Å². The number of nitriles is 1. The number of fused-ring (bicyclic) bond motifs is 1. The molecule has 0 heterocycles. The van der Waals surface area contributed by atoms with E-state index in [9.17, 15) is 9.90 Å². The molecule has 0 bridgehead atoms. The molecule has 0 spiro atoms. The van der Waals surface area contributed by atoms with Crippen LogP contribution in [0, 0.1) is 11.3 Å². The van der Waals surface area contributed by atoms with Crippen LogP contribution in [0.3, 0.4) is 0 Å². The van der Waals surface area contributed by atoms with Gasteiger partial charge in [0.25, 0.3) is 0 Å². The summed E-state index contributed by atoms with van der Waals surface area (Å²) in [6.07, 6.45) is 0.358. The molecular formula is C20H20N2O3. The van der Waals surface area contributed by atoms with E-state index in [1.807, 2.05) is 60.7 Å². The smallest absolute Gasteiger partial charge is 0.407 e. The first kappa shape index (κ1) is 17.0. The van der Waals surface area contributed by atoms with E-state index in [4.69, 9.17) is 10.00 Å². The Bertz CT molecular complexity index is 785. The summed E-state index contributed by atoms with van der Waals surface area (Å²) in [4.78, 5) is 12.1. The van der Waals surface area contributed by atoms with E-state index in [0.29, 0.717) is 6.42 Å². The van der Waals surface area contributed by atoms with Gasteiger partial charge in [-0.25, -0.2) is 4.79 Å². The van der Waals surface area contributed by atoms with E-state index in [2.05, 4.69) is 5.32 Å². The molecule has 128 valence electrons. The van der Waals surface area contributed by atoms with Gasteiger partial charge in [-0.2, -0.15) is 5.26 Å². The number of hydrogen-bond acceptors (Lipinski definition) is 4. The highest BCUT2D eigenvalue weighted by Crippen LogP contribution is 2.37. The SMILES string of the molecule is N#CC[C@@]1(O)C[C@H](NC(=O)OCc2ccccc2)Cc2ccccc21. The summed E-state index contributed by atoms with van der Waals surface area (Å²) in [5, 5.41) is 22.8. The van der Waals surface area contributed by atoms with Gasteiger partial charge in [-0.15, -0.1) is 0 Å². The first-order valence-electron chi connectivity index (χ1n) is 8.26. The topological polar surface area (TPSA) is 82.4 Å². The number of rotatable bonds is 4. The molecule has 2 aromatic rings. The standard InChI is InChI=1S/C20H20N2O3/c21-11-10-20(24)13-17(12-16-8-4-5-9-18(16)20)22-19(23)25-14-15-6-2-1-3-7-15/h1-9,17,24H,10,12-14H2,(H,22,23)/t17-,20-/m1/s1. The normalized spacial score (nSPS) is 21.7. The monoisotopic (exact) mass is 336 g/mol. The second kappa shape index (κ2) is 7.37. The van der Waals surface area contributed by atoms with Gasteiger partial charge in [0, 0.05) is 12.5 Å². The Labute approximate surface area is 146 Å². The van der Waals surface area contributed by atoms with Crippen LogP contribution in [0.15, 0.2) is 54.6 Å². The van der Waals surface area contributed by atoms with Gasteiger partial charge in [0.05, 0.1) is 12.5 Å². The van der Waals surface area contributed by atoms with Gasteiger partial charge < -0.3 is 15.2 Å². The van der Waals surface area contributed by atoms with Crippen LogP contribution in [0.5, 0.6) is 0 Å². The minimum absolute atomic E-state index is 0.0126. The summed E-state index contributed by atoms with van der Waals surface area (Å²) in [6, 6.07) is 18.7. The number of amides is 1. The Morgan fingerprint density at radius 1 is 1.24 bits per heavy atom. The zero-order valence-corrected chi connectivity index (χ0v) is 13.8. The van der Waals surface area contributed by atoms with Crippen LogP contribution in [-0.2, 0) is 23.4 Å². The van der Waals surface area contributed by atoms with E-state index in [0.717, 1.165) is 16.7 Å². The van der Waals surface area contributed by atoms with E-state index >= 15 is 0 Å². The fourth-order valence-corrected chi connectivity index (χ4v) is 3.34. The molecule has 1 aliphatic carbocycles. The summed E-state index contributed by atoms with van der Waals surface area (Å²) < 4.78 is 5.25. The fourth-order valence-electron chi connectivity index (χ4n) is 3.34. The van der Waals surface area contributed by atoms with Crippen LogP contribution in [0.25, 0.3) is 0 Å². The number of nitrogens with zero attached hydrogens (tertiary/aromatic N) is 1. The zero-order chi connectivity index (χ0) is 17.7. The molecule has 0 radical (unpaired) electrons. The maximum Gasteiger partial charge on any atom is 0.407 e. The lowest BCUT2D eigenvalue weighted by Crippen LogP contribution is -2.46. The van der Waals surface area contributed by atoms with Crippen molar-refractivity contribution in [2.24, 2.45) is 0 Å². The van der Waals surface area contributed by atoms with Crippen molar-refractivity contribution in [1.29, 1.82) is 5.26 Å². The fraction of sp³-hybridized carbons (Fsp3) is 0.300. The Morgan fingerprint density at radius 3 is 2.72 bits per heavy atom. The Hall–Kier alpha value is -2.84. The number of hydrogen-bond donors (Lipinski definition) is 2. The van der Waals surface area contributed by atoms with Crippen LogP contribution >= 0.6 is 0 Å².